The smallest absolute Gasteiger partial charge is 0.338 e. The van der Waals surface area contributed by atoms with Gasteiger partial charge in [0.05, 0.1) is 10.6 Å². The van der Waals surface area contributed by atoms with Crippen molar-refractivity contribution in [2.45, 2.75) is 24.5 Å². The predicted octanol–water partition coefficient (Wildman–Crippen LogP) is 2.37. The Morgan fingerprint density at radius 3 is 3.12 bits per heavy atom. The van der Waals surface area contributed by atoms with E-state index in [0.717, 1.165) is 5.03 Å². The second kappa shape index (κ2) is 6.19. The molecule has 0 aliphatic rings. The Morgan fingerprint density at radius 2 is 2.50 bits per heavy atom. The lowest BCUT2D eigenvalue weighted by Gasteiger charge is -2.10. The van der Waals surface area contributed by atoms with Crippen LogP contribution in [0.4, 0.5) is 0 Å². The Labute approximate surface area is 99.6 Å². The quantitative estimate of drug-likeness (QED) is 0.456. The third-order valence-electron chi connectivity index (χ3n) is 1.89. The number of esters is 1. The van der Waals surface area contributed by atoms with Crippen molar-refractivity contribution >= 4 is 17.7 Å². The number of terminal acetylenes is 1. The molecular weight excluding hydrogens is 222 g/mol. The summed E-state index contributed by atoms with van der Waals surface area (Å²) in [7, 11) is 0. The highest BCUT2D eigenvalue weighted by atomic mass is 32.2. The average molecular weight is 235 g/mol. The Balaban J connectivity index is 2.69. The average Bonchev–Trinajstić information content (AvgIpc) is 2.29. The minimum Gasteiger partial charge on any atom is -0.458 e. The number of hydrogen-bond acceptors (Lipinski definition) is 4. The minimum atomic E-state index is -0.361. The molecule has 0 amide bonds. The molecule has 4 heteroatoms. The van der Waals surface area contributed by atoms with E-state index >= 15 is 0 Å². The van der Waals surface area contributed by atoms with E-state index < -0.39 is 0 Å². The number of carbonyl (C=O) groups is 1. The molecule has 16 heavy (non-hydrogen) atoms. The third-order valence-corrected chi connectivity index (χ3v) is 2.53. The predicted molar refractivity (Wildman–Crippen MR) is 64.3 cm³/mol. The largest absolute Gasteiger partial charge is 0.458 e. The summed E-state index contributed by atoms with van der Waals surface area (Å²) in [6.07, 6.45) is 8.79. The van der Waals surface area contributed by atoms with Crippen molar-refractivity contribution in [2.24, 2.45) is 0 Å². The fraction of sp³-hybridized carbons (Fsp3) is 0.333. The number of aromatic nitrogens is 1. The topological polar surface area (TPSA) is 39.2 Å². The Kier molecular flexibility index (Phi) is 4.87. The molecule has 3 nitrogen and oxygen atoms in total. The Bertz CT molecular complexity index is 412. The van der Waals surface area contributed by atoms with Crippen LogP contribution in [0, 0.1) is 12.3 Å². The number of rotatable bonds is 4. The van der Waals surface area contributed by atoms with Gasteiger partial charge in [-0.15, -0.1) is 24.1 Å². The normalized spacial score (nSPS) is 11.6. The first-order valence-corrected chi connectivity index (χ1v) is 6.04. The minimum absolute atomic E-state index is 0.261. The molecule has 0 saturated heterocycles. The maximum absolute atomic E-state index is 11.7. The molecule has 0 bridgehead atoms. The molecule has 0 radical (unpaired) electrons. The maximum atomic E-state index is 11.7. The van der Waals surface area contributed by atoms with E-state index in [0.29, 0.717) is 12.0 Å². The first kappa shape index (κ1) is 12.6. The van der Waals surface area contributed by atoms with Crippen LogP contribution >= 0.6 is 11.8 Å². The highest BCUT2D eigenvalue weighted by molar-refractivity contribution is 7.98. The monoisotopic (exact) mass is 235 g/mol. The van der Waals surface area contributed by atoms with Gasteiger partial charge in [0.1, 0.15) is 6.10 Å². The van der Waals surface area contributed by atoms with Gasteiger partial charge in [0, 0.05) is 12.6 Å². The Morgan fingerprint density at radius 1 is 1.75 bits per heavy atom. The summed E-state index contributed by atoms with van der Waals surface area (Å²) in [4.78, 5) is 15.7. The highest BCUT2D eigenvalue weighted by Gasteiger charge is 2.11. The summed E-state index contributed by atoms with van der Waals surface area (Å²) < 4.78 is 5.16. The summed E-state index contributed by atoms with van der Waals surface area (Å²) in [5.74, 6) is 2.09. The van der Waals surface area contributed by atoms with E-state index in [1.807, 2.05) is 6.26 Å². The fourth-order valence-corrected chi connectivity index (χ4v) is 1.52. The van der Waals surface area contributed by atoms with Gasteiger partial charge in [-0.1, -0.05) is 0 Å². The maximum Gasteiger partial charge on any atom is 0.338 e. The first-order chi connectivity index (χ1) is 7.67. The molecule has 1 aromatic heterocycles. The molecule has 0 unspecified atom stereocenters. The van der Waals surface area contributed by atoms with Gasteiger partial charge < -0.3 is 4.74 Å². The third kappa shape index (κ3) is 3.59. The second-order valence-corrected chi connectivity index (χ2v) is 4.04. The van der Waals surface area contributed by atoms with Gasteiger partial charge >= 0.3 is 5.97 Å². The first-order valence-electron chi connectivity index (χ1n) is 4.82. The van der Waals surface area contributed by atoms with E-state index in [1.54, 1.807) is 25.3 Å². The summed E-state index contributed by atoms with van der Waals surface area (Å²) >= 11 is 1.48. The molecule has 0 fully saturated rings. The van der Waals surface area contributed by atoms with Crippen molar-refractivity contribution in [1.29, 1.82) is 0 Å². The van der Waals surface area contributed by atoms with Gasteiger partial charge in [0.15, 0.2) is 0 Å². The molecule has 0 aliphatic heterocycles. The lowest BCUT2D eigenvalue weighted by atomic mass is 10.2. The fourth-order valence-electron chi connectivity index (χ4n) is 1.11. The van der Waals surface area contributed by atoms with E-state index in [-0.39, 0.29) is 12.1 Å². The van der Waals surface area contributed by atoms with Gasteiger partial charge in [-0.2, -0.15) is 0 Å². The molecule has 0 N–H and O–H groups in total. The van der Waals surface area contributed by atoms with Gasteiger partial charge in [-0.3, -0.25) is 0 Å². The number of ether oxygens (including phenoxy) is 1. The van der Waals surface area contributed by atoms with Crippen molar-refractivity contribution in [2.75, 3.05) is 6.26 Å². The van der Waals surface area contributed by atoms with Crippen LogP contribution < -0.4 is 0 Å². The zero-order valence-corrected chi connectivity index (χ0v) is 10.1. The van der Waals surface area contributed by atoms with Crippen LogP contribution in [0.5, 0.6) is 0 Å². The van der Waals surface area contributed by atoms with Crippen LogP contribution in [0.1, 0.15) is 23.7 Å². The van der Waals surface area contributed by atoms with Crippen LogP contribution in [0.25, 0.3) is 0 Å². The molecule has 1 aromatic rings. The molecule has 1 atom stereocenters. The van der Waals surface area contributed by atoms with Crippen molar-refractivity contribution < 1.29 is 9.53 Å². The van der Waals surface area contributed by atoms with Crippen LogP contribution in [0.15, 0.2) is 23.4 Å². The van der Waals surface area contributed by atoms with E-state index in [1.165, 1.54) is 11.8 Å². The zero-order chi connectivity index (χ0) is 12.0. The van der Waals surface area contributed by atoms with Gasteiger partial charge in [-0.25, -0.2) is 9.78 Å². The highest BCUT2D eigenvalue weighted by Crippen LogP contribution is 2.14. The van der Waals surface area contributed by atoms with Crippen molar-refractivity contribution in [3.8, 4) is 12.3 Å². The van der Waals surface area contributed by atoms with Gasteiger partial charge in [0.2, 0.25) is 0 Å². The number of thioether (sulfide) groups is 1. The van der Waals surface area contributed by atoms with E-state index in [4.69, 9.17) is 11.2 Å². The standard InChI is InChI=1S/C12H13NO2S/c1-4-5-9(2)15-12(14)10-6-7-13-11(8-10)16-3/h1,6-9H,5H2,2-3H3/t9-/m0/s1. The summed E-state index contributed by atoms with van der Waals surface area (Å²) in [5.41, 5.74) is 0.503. The number of pyridine rings is 1. The molecule has 0 saturated carbocycles. The van der Waals surface area contributed by atoms with Crippen LogP contribution in [0.3, 0.4) is 0 Å². The van der Waals surface area contributed by atoms with E-state index in [2.05, 4.69) is 10.9 Å². The molecule has 1 rings (SSSR count). The lowest BCUT2D eigenvalue weighted by Crippen LogP contribution is -2.14. The van der Waals surface area contributed by atoms with Gasteiger partial charge in [-0.05, 0) is 25.3 Å². The molecule has 0 aromatic carbocycles. The number of carbonyl (C=O) groups excluding carboxylic acids is 1. The van der Waals surface area contributed by atoms with Crippen molar-refractivity contribution in [1.82, 2.24) is 4.98 Å². The van der Waals surface area contributed by atoms with Crippen LogP contribution in [-0.2, 0) is 4.74 Å². The van der Waals surface area contributed by atoms with Crippen molar-refractivity contribution in [3.05, 3.63) is 23.9 Å². The van der Waals surface area contributed by atoms with Crippen LogP contribution in [-0.4, -0.2) is 23.3 Å². The second-order valence-electron chi connectivity index (χ2n) is 3.21. The molecule has 0 aliphatic carbocycles. The molecule has 0 spiro atoms. The lowest BCUT2D eigenvalue weighted by molar-refractivity contribution is 0.0351. The summed E-state index contributed by atoms with van der Waals surface area (Å²) in [6.45, 7) is 1.77. The molecular formula is C12H13NO2S. The van der Waals surface area contributed by atoms with E-state index in [9.17, 15) is 4.79 Å². The van der Waals surface area contributed by atoms with Gasteiger partial charge in [0.25, 0.3) is 0 Å². The van der Waals surface area contributed by atoms with Crippen molar-refractivity contribution in [3.63, 3.8) is 0 Å². The summed E-state index contributed by atoms with van der Waals surface area (Å²) in [5, 5.41) is 0.791. The Hall–Kier alpha value is -1.47. The molecule has 1 heterocycles. The van der Waals surface area contributed by atoms with Crippen LogP contribution in [0.2, 0.25) is 0 Å². The summed E-state index contributed by atoms with van der Waals surface area (Å²) in [6, 6.07) is 3.33. The molecule has 84 valence electrons. The number of nitrogens with zero attached hydrogens (tertiary/aromatic N) is 1. The zero-order valence-electron chi connectivity index (χ0n) is 9.27. The number of hydrogen-bond donors (Lipinski definition) is 0. The SMILES string of the molecule is C#CC[C@H](C)OC(=O)c1ccnc(SC)c1.